The molecule has 0 saturated heterocycles. The van der Waals surface area contributed by atoms with Gasteiger partial charge >= 0.3 is 12.1 Å². The maximum absolute atomic E-state index is 12.8. The number of carboxylic acid groups (broad SMARTS) is 1. The second kappa shape index (κ2) is 9.67. The van der Waals surface area contributed by atoms with E-state index < -0.39 is 17.7 Å². The fourth-order valence-corrected chi connectivity index (χ4v) is 2.63. The number of amides is 1. The summed E-state index contributed by atoms with van der Waals surface area (Å²) in [4.78, 5) is 26.1. The van der Waals surface area contributed by atoms with Crippen molar-refractivity contribution in [3.63, 3.8) is 0 Å². The first-order chi connectivity index (χ1) is 11.6. The number of carbonyl (C=O) groups excluding carboxylic acids is 1. The van der Waals surface area contributed by atoms with Gasteiger partial charge in [0.25, 0.3) is 0 Å². The lowest BCUT2D eigenvalue weighted by Crippen LogP contribution is -2.37. The molecule has 0 radical (unpaired) electrons. The average Bonchev–Trinajstić information content (AvgIpc) is 2.50. The third-order valence-electron chi connectivity index (χ3n) is 3.25. The Kier molecular flexibility index (Phi) is 8.24. The Balaban J connectivity index is 2.82. The molecule has 0 heterocycles. The minimum atomic E-state index is -4.44. The van der Waals surface area contributed by atoms with Crippen molar-refractivity contribution in [3.8, 4) is 0 Å². The van der Waals surface area contributed by atoms with Crippen LogP contribution in [-0.2, 0) is 22.3 Å². The molecular formula is C16H21F3N2O3S. The van der Waals surface area contributed by atoms with Gasteiger partial charge in [-0.05, 0) is 31.8 Å². The molecule has 0 aliphatic rings. The van der Waals surface area contributed by atoms with Crippen LogP contribution < -0.4 is 0 Å². The van der Waals surface area contributed by atoms with Crippen LogP contribution in [0.4, 0.5) is 13.2 Å². The quantitative estimate of drug-likeness (QED) is 0.715. The Morgan fingerprint density at radius 3 is 2.40 bits per heavy atom. The van der Waals surface area contributed by atoms with E-state index in [9.17, 15) is 22.8 Å². The zero-order chi connectivity index (χ0) is 19.0. The molecule has 9 heteroatoms. The zero-order valence-electron chi connectivity index (χ0n) is 14.0. The Labute approximate surface area is 148 Å². The lowest BCUT2D eigenvalue weighted by Gasteiger charge is -2.25. The maximum atomic E-state index is 12.8. The van der Waals surface area contributed by atoms with Crippen molar-refractivity contribution in [2.75, 3.05) is 38.7 Å². The smallest absolute Gasteiger partial charge is 0.416 e. The fraction of sp³-hybridized carbons (Fsp3) is 0.500. The normalized spacial score (nSPS) is 11.6. The van der Waals surface area contributed by atoms with Crippen molar-refractivity contribution in [2.45, 2.75) is 12.7 Å². The fourth-order valence-electron chi connectivity index (χ4n) is 2.00. The third kappa shape index (κ3) is 8.26. The number of carbonyl (C=O) groups is 2. The molecule has 0 aliphatic carbocycles. The van der Waals surface area contributed by atoms with Gasteiger partial charge in [-0.3, -0.25) is 9.59 Å². The van der Waals surface area contributed by atoms with Crippen LogP contribution in [0.25, 0.3) is 0 Å². The summed E-state index contributed by atoms with van der Waals surface area (Å²) in [5.41, 5.74) is -0.379. The molecule has 1 amide bonds. The van der Waals surface area contributed by atoms with Crippen molar-refractivity contribution in [1.82, 2.24) is 9.80 Å². The van der Waals surface area contributed by atoms with Crippen LogP contribution in [-0.4, -0.2) is 65.5 Å². The van der Waals surface area contributed by atoms with Gasteiger partial charge in [-0.25, -0.2) is 0 Å². The number of likely N-dealkylation sites (N-methyl/N-ethyl adjacent to an activating group) is 1. The topological polar surface area (TPSA) is 60.9 Å². The highest BCUT2D eigenvalue weighted by molar-refractivity contribution is 8.00. The largest absolute Gasteiger partial charge is 0.481 e. The van der Waals surface area contributed by atoms with Crippen LogP contribution in [0, 0.1) is 0 Å². The number of rotatable bonds is 9. The number of benzene rings is 1. The van der Waals surface area contributed by atoms with E-state index in [1.54, 1.807) is 0 Å². The molecule has 1 aromatic carbocycles. The van der Waals surface area contributed by atoms with Crippen LogP contribution in [0.1, 0.15) is 11.1 Å². The van der Waals surface area contributed by atoms with Gasteiger partial charge in [-0.15, -0.1) is 11.8 Å². The minimum absolute atomic E-state index is 0.0291. The maximum Gasteiger partial charge on any atom is 0.416 e. The van der Waals surface area contributed by atoms with E-state index in [0.717, 1.165) is 23.9 Å². The molecule has 5 nitrogen and oxygen atoms in total. The number of carboxylic acids is 1. The number of nitrogens with zero attached hydrogens (tertiary/aromatic N) is 2. The van der Waals surface area contributed by atoms with Crippen LogP contribution in [0.5, 0.6) is 0 Å². The molecule has 0 aromatic heterocycles. The van der Waals surface area contributed by atoms with E-state index in [-0.39, 0.29) is 24.0 Å². The van der Waals surface area contributed by atoms with Crippen LogP contribution in [0.15, 0.2) is 24.3 Å². The number of aliphatic carboxylic acids is 1. The lowest BCUT2D eigenvalue weighted by molar-refractivity contribution is -0.137. The molecule has 0 fully saturated rings. The van der Waals surface area contributed by atoms with Gasteiger partial charge in [-0.2, -0.15) is 13.2 Å². The summed E-state index contributed by atoms with van der Waals surface area (Å²) in [6.07, 6.45) is -4.44. The van der Waals surface area contributed by atoms with Gasteiger partial charge < -0.3 is 14.9 Å². The first kappa shape index (κ1) is 21.3. The Morgan fingerprint density at radius 1 is 1.16 bits per heavy atom. The van der Waals surface area contributed by atoms with Crippen LogP contribution >= 0.6 is 11.8 Å². The van der Waals surface area contributed by atoms with E-state index in [4.69, 9.17) is 5.11 Å². The van der Waals surface area contributed by atoms with Crippen molar-refractivity contribution >= 4 is 23.6 Å². The van der Waals surface area contributed by atoms with Crippen molar-refractivity contribution < 1.29 is 27.9 Å². The molecule has 0 saturated carbocycles. The molecule has 140 valence electrons. The third-order valence-corrected chi connectivity index (χ3v) is 4.15. The van der Waals surface area contributed by atoms with Gasteiger partial charge in [0, 0.05) is 19.6 Å². The highest BCUT2D eigenvalue weighted by atomic mass is 32.2. The van der Waals surface area contributed by atoms with Gasteiger partial charge in [0.2, 0.25) is 5.91 Å². The number of thioether (sulfide) groups is 1. The summed E-state index contributed by atoms with van der Waals surface area (Å²) in [6.45, 7) is 0.939. The average molecular weight is 378 g/mol. The Morgan fingerprint density at radius 2 is 1.84 bits per heavy atom. The molecule has 1 rings (SSSR count). The van der Waals surface area contributed by atoms with Crippen LogP contribution in [0.2, 0.25) is 0 Å². The van der Waals surface area contributed by atoms with Crippen LogP contribution in [0.3, 0.4) is 0 Å². The number of hydrogen-bond donors (Lipinski definition) is 1. The number of alkyl halides is 3. The van der Waals surface area contributed by atoms with E-state index >= 15 is 0 Å². The minimum Gasteiger partial charge on any atom is -0.481 e. The first-order valence-electron chi connectivity index (χ1n) is 7.47. The number of halogens is 3. The highest BCUT2D eigenvalue weighted by Gasteiger charge is 2.30. The van der Waals surface area contributed by atoms with Crippen molar-refractivity contribution in [3.05, 3.63) is 35.4 Å². The molecule has 0 atom stereocenters. The van der Waals surface area contributed by atoms with E-state index in [1.807, 2.05) is 19.0 Å². The molecule has 1 aromatic rings. The highest BCUT2D eigenvalue weighted by Crippen LogP contribution is 2.29. The first-order valence-corrected chi connectivity index (χ1v) is 8.63. The summed E-state index contributed by atoms with van der Waals surface area (Å²) in [6, 6.07) is 4.86. The van der Waals surface area contributed by atoms with Crippen molar-refractivity contribution in [1.29, 1.82) is 0 Å². The molecule has 0 bridgehead atoms. The molecule has 1 N–H and O–H groups in total. The lowest BCUT2D eigenvalue weighted by atomic mass is 10.1. The van der Waals surface area contributed by atoms with Gasteiger partial charge in [-0.1, -0.05) is 12.1 Å². The van der Waals surface area contributed by atoms with E-state index in [0.29, 0.717) is 18.7 Å². The molecule has 0 spiro atoms. The molecular weight excluding hydrogens is 357 g/mol. The summed E-state index contributed by atoms with van der Waals surface area (Å²) in [5, 5.41) is 8.62. The molecule has 25 heavy (non-hydrogen) atoms. The van der Waals surface area contributed by atoms with E-state index in [2.05, 4.69) is 0 Å². The second-order valence-electron chi connectivity index (χ2n) is 5.70. The summed E-state index contributed by atoms with van der Waals surface area (Å²) >= 11 is 0.966. The standard InChI is InChI=1S/C16H21F3N2O3S/c1-20(2)6-7-21(14(22)10-25-11-15(23)24)9-12-4-3-5-13(8-12)16(17,18)19/h3-5,8H,6-7,9-11H2,1-2H3,(H,23,24). The predicted molar refractivity (Wildman–Crippen MR) is 90.4 cm³/mol. The molecule has 0 unspecified atom stereocenters. The Hall–Kier alpha value is -1.74. The van der Waals surface area contributed by atoms with Gasteiger partial charge in [0.1, 0.15) is 0 Å². The summed E-state index contributed by atoms with van der Waals surface area (Å²) in [5.74, 6) is -1.55. The van der Waals surface area contributed by atoms with Gasteiger partial charge in [0.15, 0.2) is 0 Å². The monoisotopic (exact) mass is 378 g/mol. The second-order valence-corrected chi connectivity index (χ2v) is 6.69. The molecule has 0 aliphatic heterocycles. The summed E-state index contributed by atoms with van der Waals surface area (Å²) in [7, 11) is 3.65. The van der Waals surface area contributed by atoms with Gasteiger partial charge in [0.05, 0.1) is 17.1 Å². The number of hydrogen-bond acceptors (Lipinski definition) is 4. The summed E-state index contributed by atoms with van der Waals surface area (Å²) < 4.78 is 38.4. The van der Waals surface area contributed by atoms with E-state index in [1.165, 1.54) is 17.0 Å². The predicted octanol–water partition coefficient (Wildman–Crippen LogP) is 2.41. The SMILES string of the molecule is CN(C)CCN(Cc1cccc(C(F)(F)F)c1)C(=O)CSCC(=O)O. The van der Waals surface area contributed by atoms with Crippen molar-refractivity contribution in [2.24, 2.45) is 0 Å². The Bertz CT molecular complexity index is 594. The zero-order valence-corrected chi connectivity index (χ0v) is 14.9.